The van der Waals surface area contributed by atoms with Gasteiger partial charge in [0.2, 0.25) is 0 Å². The quantitative estimate of drug-likeness (QED) is 0.272. The number of carbonyl (C=O) groups is 3. The van der Waals surface area contributed by atoms with E-state index in [1.54, 1.807) is 19.1 Å². The zero-order chi connectivity index (χ0) is 24.8. The monoisotopic (exact) mass is 478 g/mol. The second kappa shape index (κ2) is 11.2. The lowest BCUT2D eigenvalue weighted by molar-refractivity contribution is -0.146. The number of hydrogen-bond acceptors (Lipinski definition) is 6. The molecule has 1 saturated heterocycles. The van der Waals surface area contributed by atoms with Gasteiger partial charge in [0.05, 0.1) is 23.1 Å². The van der Waals surface area contributed by atoms with Crippen molar-refractivity contribution in [2.45, 2.75) is 32.7 Å². The van der Waals surface area contributed by atoms with E-state index in [1.807, 2.05) is 41.0 Å². The Morgan fingerprint density at radius 1 is 1.06 bits per heavy atom. The zero-order valence-corrected chi connectivity index (χ0v) is 19.8. The first-order valence-corrected chi connectivity index (χ1v) is 11.8. The van der Waals surface area contributed by atoms with E-state index in [2.05, 4.69) is 0 Å². The molecule has 35 heavy (non-hydrogen) atoms. The molecular formula is C27H30N2O6. The second-order valence-corrected chi connectivity index (χ2v) is 8.73. The highest BCUT2D eigenvalue weighted by atomic mass is 16.6. The van der Waals surface area contributed by atoms with Crippen molar-refractivity contribution in [3.63, 3.8) is 0 Å². The van der Waals surface area contributed by atoms with Gasteiger partial charge in [0.25, 0.3) is 11.7 Å². The number of Topliss-reactive ketones (excluding diaryl/α,β-unsaturated/α-hetero) is 1. The first-order valence-electron chi connectivity index (χ1n) is 11.8. The molecule has 0 unspecified atom stereocenters. The summed E-state index contributed by atoms with van der Waals surface area (Å²) in [6, 6.07) is 15.1. The molecule has 1 aliphatic rings. The van der Waals surface area contributed by atoms with Crippen molar-refractivity contribution in [1.82, 2.24) is 4.57 Å². The first kappa shape index (κ1) is 24.5. The third kappa shape index (κ3) is 5.71. The number of esters is 1. The number of ether oxygens (including phenoxy) is 3. The lowest BCUT2D eigenvalue weighted by Crippen LogP contribution is -2.24. The van der Waals surface area contributed by atoms with Crippen LogP contribution in [0.5, 0.6) is 5.75 Å². The zero-order valence-electron chi connectivity index (χ0n) is 19.8. The van der Waals surface area contributed by atoms with Gasteiger partial charge in [0.1, 0.15) is 5.75 Å². The number of nitrogens with zero attached hydrogens (tertiary/aromatic N) is 1. The largest absolute Gasteiger partial charge is 0.481 e. The van der Waals surface area contributed by atoms with Crippen molar-refractivity contribution >= 4 is 28.6 Å². The molecular weight excluding hydrogens is 448 g/mol. The normalized spacial score (nSPS) is 14.1. The third-order valence-corrected chi connectivity index (χ3v) is 6.42. The molecule has 8 nitrogen and oxygen atoms in total. The SMILES string of the molecule is Cc1c(C(=O)C(N)=O)c2c(OCC(=O)OCCC3CCOCC3)cccc2n1Cc1ccccc1. The van der Waals surface area contributed by atoms with Crippen LogP contribution in [0.3, 0.4) is 0 Å². The maximum absolute atomic E-state index is 12.8. The highest BCUT2D eigenvalue weighted by molar-refractivity contribution is 6.45. The molecule has 8 heteroatoms. The third-order valence-electron chi connectivity index (χ3n) is 6.42. The van der Waals surface area contributed by atoms with E-state index < -0.39 is 17.7 Å². The van der Waals surface area contributed by atoms with E-state index in [0.717, 1.165) is 38.0 Å². The van der Waals surface area contributed by atoms with Crippen molar-refractivity contribution < 1.29 is 28.6 Å². The first-order chi connectivity index (χ1) is 17.0. The molecule has 1 amide bonds. The average Bonchev–Trinajstić information content (AvgIpc) is 3.15. The fourth-order valence-electron chi connectivity index (χ4n) is 4.54. The summed E-state index contributed by atoms with van der Waals surface area (Å²) in [7, 11) is 0. The maximum Gasteiger partial charge on any atom is 0.344 e. The molecule has 4 rings (SSSR count). The minimum absolute atomic E-state index is 0.187. The molecule has 0 bridgehead atoms. The van der Waals surface area contributed by atoms with Crippen LogP contribution < -0.4 is 10.5 Å². The summed E-state index contributed by atoms with van der Waals surface area (Å²) in [6.07, 6.45) is 2.75. The smallest absolute Gasteiger partial charge is 0.344 e. The number of hydrogen-bond donors (Lipinski definition) is 1. The van der Waals surface area contributed by atoms with Crippen molar-refractivity contribution in [3.8, 4) is 5.75 Å². The summed E-state index contributed by atoms with van der Waals surface area (Å²) in [5, 5.41) is 0.458. The lowest BCUT2D eigenvalue weighted by atomic mass is 9.97. The van der Waals surface area contributed by atoms with Crippen LogP contribution in [0.4, 0.5) is 0 Å². The van der Waals surface area contributed by atoms with Crippen molar-refractivity contribution in [3.05, 3.63) is 65.4 Å². The number of benzene rings is 2. The van der Waals surface area contributed by atoms with E-state index >= 15 is 0 Å². The number of aromatic nitrogens is 1. The number of nitrogens with two attached hydrogens (primary N) is 1. The molecule has 2 aromatic carbocycles. The Morgan fingerprint density at radius 2 is 1.80 bits per heavy atom. The second-order valence-electron chi connectivity index (χ2n) is 8.73. The van der Waals surface area contributed by atoms with Crippen LogP contribution in [0, 0.1) is 12.8 Å². The molecule has 0 aliphatic carbocycles. The number of primary amides is 1. The van der Waals surface area contributed by atoms with Gasteiger partial charge in [0, 0.05) is 25.5 Å². The average molecular weight is 479 g/mol. The molecule has 1 fully saturated rings. The maximum atomic E-state index is 12.8. The topological polar surface area (TPSA) is 110 Å². The molecule has 0 saturated carbocycles. The van der Waals surface area contributed by atoms with Crippen molar-refractivity contribution in [2.75, 3.05) is 26.4 Å². The molecule has 0 atom stereocenters. The van der Waals surface area contributed by atoms with E-state index in [-0.39, 0.29) is 12.2 Å². The van der Waals surface area contributed by atoms with Gasteiger partial charge < -0.3 is 24.5 Å². The van der Waals surface area contributed by atoms with Gasteiger partial charge in [-0.05, 0) is 49.8 Å². The molecule has 3 aromatic rings. The Balaban J connectivity index is 1.54. The minimum atomic E-state index is -1.05. The standard InChI is InChI=1S/C27H30N2O6/c1-18-24(26(31)27(28)32)25-21(29(18)16-20-6-3-2-4-7-20)8-5-9-22(25)35-17-23(30)34-15-12-19-10-13-33-14-11-19/h2-9,19H,10-17H2,1H3,(H2,28,32). The van der Waals surface area contributed by atoms with Gasteiger partial charge in [-0.15, -0.1) is 0 Å². The Labute approximate surface area is 203 Å². The Bertz CT molecular complexity index is 1210. The van der Waals surface area contributed by atoms with Gasteiger partial charge >= 0.3 is 5.97 Å². The van der Waals surface area contributed by atoms with Gasteiger partial charge in [-0.25, -0.2) is 4.79 Å². The van der Waals surface area contributed by atoms with Gasteiger partial charge in [0.15, 0.2) is 6.61 Å². The van der Waals surface area contributed by atoms with Crippen LogP contribution in [-0.4, -0.2) is 48.7 Å². The fourth-order valence-corrected chi connectivity index (χ4v) is 4.54. The molecule has 0 spiro atoms. The minimum Gasteiger partial charge on any atom is -0.481 e. The molecule has 1 aromatic heterocycles. The van der Waals surface area contributed by atoms with Gasteiger partial charge in [-0.3, -0.25) is 9.59 Å². The fraction of sp³-hybridized carbons (Fsp3) is 0.370. The molecule has 2 heterocycles. The van der Waals surface area contributed by atoms with Crippen LogP contribution in [-0.2, 0) is 25.6 Å². The Kier molecular flexibility index (Phi) is 7.82. The Hall–Kier alpha value is -3.65. The van der Waals surface area contributed by atoms with Crippen LogP contribution >= 0.6 is 0 Å². The Morgan fingerprint density at radius 3 is 2.51 bits per heavy atom. The van der Waals surface area contributed by atoms with Crippen LogP contribution in [0.2, 0.25) is 0 Å². The summed E-state index contributed by atoms with van der Waals surface area (Å²) in [5.74, 6) is -1.51. The lowest BCUT2D eigenvalue weighted by Gasteiger charge is -2.21. The van der Waals surface area contributed by atoms with Crippen LogP contribution in [0.25, 0.3) is 10.9 Å². The van der Waals surface area contributed by atoms with E-state index in [1.165, 1.54) is 0 Å². The van der Waals surface area contributed by atoms with Crippen LogP contribution in [0.1, 0.15) is 40.9 Å². The number of ketones is 1. The number of carbonyl (C=O) groups excluding carboxylic acids is 3. The summed E-state index contributed by atoms with van der Waals surface area (Å²) in [5.41, 5.74) is 7.89. The molecule has 184 valence electrons. The highest BCUT2D eigenvalue weighted by Crippen LogP contribution is 2.34. The van der Waals surface area contributed by atoms with Gasteiger partial charge in [-0.1, -0.05) is 36.4 Å². The molecule has 2 N–H and O–H groups in total. The van der Waals surface area contributed by atoms with E-state index in [4.69, 9.17) is 19.9 Å². The highest BCUT2D eigenvalue weighted by Gasteiger charge is 2.26. The predicted octanol–water partition coefficient (Wildman–Crippen LogP) is 3.40. The van der Waals surface area contributed by atoms with Crippen molar-refractivity contribution in [2.24, 2.45) is 11.7 Å². The predicted molar refractivity (Wildman–Crippen MR) is 130 cm³/mol. The van der Waals surface area contributed by atoms with E-state index in [9.17, 15) is 14.4 Å². The number of fused-ring (bicyclic) bond motifs is 1. The summed E-state index contributed by atoms with van der Waals surface area (Å²) >= 11 is 0. The van der Waals surface area contributed by atoms with Crippen LogP contribution in [0.15, 0.2) is 48.5 Å². The van der Waals surface area contributed by atoms with E-state index in [0.29, 0.717) is 41.4 Å². The molecule has 1 aliphatic heterocycles. The van der Waals surface area contributed by atoms with Gasteiger partial charge in [-0.2, -0.15) is 0 Å². The summed E-state index contributed by atoms with van der Waals surface area (Å²) < 4.78 is 18.4. The summed E-state index contributed by atoms with van der Waals surface area (Å²) in [6.45, 7) is 3.79. The van der Waals surface area contributed by atoms with Crippen molar-refractivity contribution in [1.29, 1.82) is 0 Å². The number of rotatable bonds is 10. The number of amides is 1. The summed E-state index contributed by atoms with van der Waals surface area (Å²) in [4.78, 5) is 36.9. The molecule has 0 radical (unpaired) electrons.